The van der Waals surface area contributed by atoms with E-state index in [9.17, 15) is 0 Å². The fourth-order valence-electron chi connectivity index (χ4n) is 12.2. The fraction of sp³-hybridized carbons (Fsp3) is 0.0625. The van der Waals surface area contributed by atoms with Crippen molar-refractivity contribution < 1.29 is 0 Å². The van der Waals surface area contributed by atoms with Crippen LogP contribution in [-0.4, -0.2) is 15.8 Å². The van der Waals surface area contributed by atoms with Crippen molar-refractivity contribution in [3.05, 3.63) is 218 Å². The Bertz CT molecular complexity index is 4230. The van der Waals surface area contributed by atoms with Crippen LogP contribution in [-0.2, 0) is 5.41 Å². The van der Waals surface area contributed by atoms with Crippen molar-refractivity contribution in [3.8, 4) is 33.6 Å². The zero-order valence-corrected chi connectivity index (χ0v) is 39.4. The monoisotopic (exact) mass is 897 g/mol. The molecule has 0 amide bonds. The minimum absolute atomic E-state index is 0.000151. The van der Waals surface area contributed by atoms with Gasteiger partial charge < -0.3 is 14.0 Å². The lowest BCUT2D eigenvalue weighted by molar-refractivity contribution is 0.591. The van der Waals surface area contributed by atoms with E-state index >= 15 is 0 Å². The molecule has 0 unspecified atom stereocenters. The average molecular weight is 898 g/mol. The molecule has 3 nitrogen and oxygen atoms in total. The van der Waals surface area contributed by atoms with Crippen molar-refractivity contribution >= 4 is 115 Å². The number of para-hydroxylation sites is 3. The van der Waals surface area contributed by atoms with Crippen LogP contribution in [0, 0.1) is 0 Å². The summed E-state index contributed by atoms with van der Waals surface area (Å²) in [5.74, 6) is 0. The molecule has 3 aromatic heterocycles. The lowest BCUT2D eigenvalue weighted by Gasteiger charge is -2.42. The second-order valence-electron chi connectivity index (χ2n) is 20.0. The van der Waals surface area contributed by atoms with Gasteiger partial charge in [0.25, 0.3) is 6.71 Å². The first-order chi connectivity index (χ1) is 33.9. The van der Waals surface area contributed by atoms with Crippen LogP contribution in [0.1, 0.15) is 26.3 Å². The highest BCUT2D eigenvalue weighted by Crippen LogP contribution is 2.52. The third-order valence-corrected chi connectivity index (χ3v) is 16.3. The molecule has 69 heavy (non-hydrogen) atoms. The molecule has 0 aliphatic carbocycles. The zero-order chi connectivity index (χ0) is 45.7. The van der Waals surface area contributed by atoms with Gasteiger partial charge in [-0.3, -0.25) is 0 Å². The van der Waals surface area contributed by atoms with Crippen LogP contribution in [0.4, 0.5) is 17.1 Å². The molecular weight excluding hydrogens is 854 g/mol. The van der Waals surface area contributed by atoms with Gasteiger partial charge in [-0.05, 0) is 111 Å². The Kier molecular flexibility index (Phi) is 8.02. The Labute approximate surface area is 404 Å². The maximum atomic E-state index is 2.66. The van der Waals surface area contributed by atoms with Crippen molar-refractivity contribution in [1.29, 1.82) is 0 Å². The first kappa shape index (κ1) is 38.9. The molecule has 0 fully saturated rings. The smallest absolute Gasteiger partial charge is 0.252 e. The summed E-state index contributed by atoms with van der Waals surface area (Å²) >= 11 is 1.91. The summed E-state index contributed by atoms with van der Waals surface area (Å²) in [6, 6.07) is 80.0. The SMILES string of the molecule is CC(C)(C)c1cc(-c2ccccc2)c(N2c3cc4c(cc3B3c5c2cccc5-n2c5cc6c7ccccc7n(-c7ccccc7)c6cc5c5cccc3c52)sc2ccccc24)c(-c2ccccc2)c1. The van der Waals surface area contributed by atoms with Crippen LogP contribution in [0.25, 0.3) is 97.4 Å². The number of aromatic nitrogens is 2. The number of anilines is 3. The number of hydrogen-bond donors (Lipinski definition) is 0. The number of fused-ring (bicyclic) bond motifs is 13. The van der Waals surface area contributed by atoms with Gasteiger partial charge in [0.2, 0.25) is 0 Å². The molecule has 5 heterocycles. The zero-order valence-electron chi connectivity index (χ0n) is 38.5. The van der Waals surface area contributed by atoms with E-state index < -0.39 is 0 Å². The number of nitrogens with zero attached hydrogens (tertiary/aromatic N) is 3. The summed E-state index contributed by atoms with van der Waals surface area (Å²) in [7, 11) is 0. The summed E-state index contributed by atoms with van der Waals surface area (Å²) in [6.45, 7) is 7.02. The van der Waals surface area contributed by atoms with E-state index in [1.807, 2.05) is 11.3 Å². The normalized spacial score (nSPS) is 13.1. The summed E-state index contributed by atoms with van der Waals surface area (Å²) in [6.07, 6.45) is 0. The first-order valence-electron chi connectivity index (χ1n) is 24.1. The topological polar surface area (TPSA) is 13.1 Å². The summed E-state index contributed by atoms with van der Waals surface area (Å²) in [4.78, 5) is 2.66. The van der Waals surface area contributed by atoms with Crippen LogP contribution >= 0.6 is 11.3 Å². The van der Waals surface area contributed by atoms with Crippen molar-refractivity contribution in [2.75, 3.05) is 4.90 Å². The van der Waals surface area contributed by atoms with Gasteiger partial charge in [0, 0.05) is 81.1 Å². The Morgan fingerprint density at radius 1 is 0.406 bits per heavy atom. The molecule has 324 valence electrons. The molecule has 10 aromatic carbocycles. The molecule has 0 saturated heterocycles. The second-order valence-corrected chi connectivity index (χ2v) is 21.1. The van der Waals surface area contributed by atoms with E-state index in [1.165, 1.54) is 136 Å². The molecule has 0 radical (unpaired) electrons. The number of rotatable bonds is 4. The molecule has 2 aliphatic rings. The standard InChI is InChI=1S/C64H44BN3S/c1-64(2,3)41-33-46(39-19-7-4-8-20-39)62(47(34-41)40-21-9-5-10-22-40)68-55-31-18-30-54-61(55)65(52-38-60-50(37-58(52)68)44-26-14-16-32-59(44)69-60)51-28-17-27-45-49-36-56-48(35-57(49)67(54)63(45)51)43-25-13-15-29-53(43)66(56)42-23-11-6-12-24-42/h4-38H,1-3H3. The molecule has 5 heteroatoms. The van der Waals surface area contributed by atoms with Crippen molar-refractivity contribution in [1.82, 2.24) is 9.13 Å². The van der Waals surface area contributed by atoms with Gasteiger partial charge in [-0.15, -0.1) is 11.3 Å². The maximum absolute atomic E-state index is 2.66. The van der Waals surface area contributed by atoms with Crippen molar-refractivity contribution in [2.24, 2.45) is 0 Å². The molecule has 15 rings (SSSR count). The lowest BCUT2D eigenvalue weighted by Crippen LogP contribution is -2.60. The molecule has 0 saturated carbocycles. The Morgan fingerprint density at radius 3 is 1.72 bits per heavy atom. The number of benzene rings is 10. The summed E-state index contributed by atoms with van der Waals surface area (Å²) in [5, 5.41) is 7.67. The Balaban J connectivity index is 1.10. The van der Waals surface area contributed by atoms with Gasteiger partial charge in [0.05, 0.1) is 22.2 Å². The highest BCUT2D eigenvalue weighted by molar-refractivity contribution is 7.26. The molecule has 0 spiro atoms. The van der Waals surface area contributed by atoms with E-state index in [1.54, 1.807) is 0 Å². The molecule has 0 N–H and O–H groups in total. The van der Waals surface area contributed by atoms with Gasteiger partial charge in [0.1, 0.15) is 0 Å². The van der Waals surface area contributed by atoms with Gasteiger partial charge in [-0.1, -0.05) is 160 Å². The van der Waals surface area contributed by atoms with Crippen LogP contribution in [0.3, 0.4) is 0 Å². The van der Waals surface area contributed by atoms with E-state index in [0.29, 0.717) is 0 Å². The third kappa shape index (κ3) is 5.45. The lowest BCUT2D eigenvalue weighted by atomic mass is 9.34. The van der Waals surface area contributed by atoms with E-state index in [4.69, 9.17) is 0 Å². The minimum Gasteiger partial charge on any atom is -0.310 e. The molecule has 2 aliphatic heterocycles. The Morgan fingerprint density at radius 2 is 1.00 bits per heavy atom. The maximum Gasteiger partial charge on any atom is 0.252 e. The minimum atomic E-state index is -0.0897. The molecule has 0 atom stereocenters. The van der Waals surface area contributed by atoms with Gasteiger partial charge in [-0.2, -0.15) is 0 Å². The third-order valence-electron chi connectivity index (χ3n) is 15.2. The predicted molar refractivity (Wildman–Crippen MR) is 297 cm³/mol. The molecular formula is C64H44BN3S. The average Bonchev–Trinajstić information content (AvgIpc) is 4.04. The molecule has 13 aromatic rings. The predicted octanol–water partition coefficient (Wildman–Crippen LogP) is 15.5. The highest BCUT2D eigenvalue weighted by Gasteiger charge is 2.43. The van der Waals surface area contributed by atoms with Crippen LogP contribution in [0.15, 0.2) is 212 Å². The largest absolute Gasteiger partial charge is 0.310 e. The van der Waals surface area contributed by atoms with Gasteiger partial charge >= 0.3 is 0 Å². The Hall–Kier alpha value is -8.12. The van der Waals surface area contributed by atoms with E-state index in [0.717, 1.165) is 0 Å². The molecule has 0 bridgehead atoms. The highest BCUT2D eigenvalue weighted by atomic mass is 32.1. The van der Waals surface area contributed by atoms with Crippen LogP contribution in [0.5, 0.6) is 0 Å². The second kappa shape index (κ2) is 14.2. The fourth-order valence-corrected chi connectivity index (χ4v) is 13.3. The van der Waals surface area contributed by atoms with E-state index in [2.05, 4.69) is 247 Å². The summed E-state index contributed by atoms with van der Waals surface area (Å²) in [5.41, 5.74) is 21.1. The number of hydrogen-bond acceptors (Lipinski definition) is 2. The number of thiophene rings is 1. The van der Waals surface area contributed by atoms with E-state index in [-0.39, 0.29) is 12.1 Å². The first-order valence-corrected chi connectivity index (χ1v) is 24.9. The van der Waals surface area contributed by atoms with Crippen molar-refractivity contribution in [3.63, 3.8) is 0 Å². The van der Waals surface area contributed by atoms with Crippen LogP contribution < -0.4 is 21.3 Å². The van der Waals surface area contributed by atoms with Crippen LogP contribution in [0.2, 0.25) is 0 Å². The van der Waals surface area contributed by atoms with Gasteiger partial charge in [0.15, 0.2) is 0 Å². The van der Waals surface area contributed by atoms with Gasteiger partial charge in [-0.25, -0.2) is 0 Å². The quantitative estimate of drug-likeness (QED) is 0.160. The summed E-state index contributed by atoms with van der Waals surface area (Å²) < 4.78 is 7.70. The van der Waals surface area contributed by atoms with Crippen molar-refractivity contribution in [2.45, 2.75) is 26.2 Å².